The first-order valence-corrected chi connectivity index (χ1v) is 13.0. The zero-order valence-electron chi connectivity index (χ0n) is 18.1. The van der Waals surface area contributed by atoms with Crippen molar-refractivity contribution < 1.29 is 13.2 Å². The summed E-state index contributed by atoms with van der Waals surface area (Å²) < 4.78 is 36.2. The molecule has 1 heterocycles. The number of fused-ring (bicyclic) bond motifs is 1. The number of hydrogen-bond acceptors (Lipinski definition) is 5. The minimum absolute atomic E-state index is 0.0704. The number of hydrogen-bond donors (Lipinski definition) is 1. The molecule has 0 saturated carbocycles. The molecule has 33 heavy (non-hydrogen) atoms. The van der Waals surface area contributed by atoms with Crippen LogP contribution in [0, 0.1) is 0 Å². The number of ether oxygens (including phenoxy) is 1. The smallest absolute Gasteiger partial charge is 0.308 e. The molecule has 1 aromatic heterocycles. The second-order valence-electron chi connectivity index (χ2n) is 7.85. The monoisotopic (exact) mass is 502 g/mol. The molecule has 172 valence electrons. The van der Waals surface area contributed by atoms with Crippen molar-refractivity contribution in [1.29, 1.82) is 0 Å². The Balaban J connectivity index is 1.51. The third-order valence-corrected chi connectivity index (χ3v) is 7.56. The van der Waals surface area contributed by atoms with E-state index in [0.717, 1.165) is 28.2 Å². The fraction of sp³-hybridized carbons (Fsp3) is 0.208. The van der Waals surface area contributed by atoms with Crippen LogP contribution in [-0.2, 0) is 23.1 Å². The number of thiazole rings is 1. The molecule has 0 fully saturated rings. The van der Waals surface area contributed by atoms with Gasteiger partial charge in [-0.1, -0.05) is 47.2 Å². The van der Waals surface area contributed by atoms with E-state index < -0.39 is 10.0 Å². The lowest BCUT2D eigenvalue weighted by atomic mass is 10.2. The van der Waals surface area contributed by atoms with E-state index in [2.05, 4.69) is 4.72 Å². The minimum atomic E-state index is -3.75. The zero-order valence-corrected chi connectivity index (χ0v) is 20.5. The lowest BCUT2D eigenvalue weighted by Crippen LogP contribution is -2.23. The maximum atomic E-state index is 12.8. The third kappa shape index (κ3) is 5.65. The predicted molar refractivity (Wildman–Crippen MR) is 133 cm³/mol. The summed E-state index contributed by atoms with van der Waals surface area (Å²) in [5.41, 5.74) is 2.44. The molecule has 0 spiro atoms. The highest BCUT2D eigenvalue weighted by atomic mass is 35.5. The van der Waals surface area contributed by atoms with Crippen molar-refractivity contribution >= 4 is 43.2 Å². The Morgan fingerprint density at radius 3 is 2.33 bits per heavy atom. The van der Waals surface area contributed by atoms with Gasteiger partial charge in [-0.05, 0) is 67.4 Å². The third-order valence-electron chi connectivity index (χ3n) is 4.97. The second kappa shape index (κ2) is 9.69. The highest BCUT2D eigenvalue weighted by molar-refractivity contribution is 7.89. The van der Waals surface area contributed by atoms with Gasteiger partial charge in [-0.25, -0.2) is 13.1 Å². The molecule has 0 amide bonds. The van der Waals surface area contributed by atoms with Crippen LogP contribution < -0.4 is 14.3 Å². The van der Waals surface area contributed by atoms with Crippen LogP contribution in [0.1, 0.15) is 25.0 Å². The Bertz CT molecular complexity index is 1420. The largest absolute Gasteiger partial charge is 0.491 e. The van der Waals surface area contributed by atoms with Crippen molar-refractivity contribution in [1.82, 2.24) is 9.29 Å². The number of sulfonamides is 1. The van der Waals surface area contributed by atoms with Gasteiger partial charge in [-0.15, -0.1) is 0 Å². The zero-order chi connectivity index (χ0) is 23.6. The van der Waals surface area contributed by atoms with Crippen LogP contribution in [0.5, 0.6) is 5.75 Å². The van der Waals surface area contributed by atoms with E-state index >= 15 is 0 Å². The molecule has 0 aliphatic carbocycles. The molecular weight excluding hydrogens is 480 g/mol. The minimum Gasteiger partial charge on any atom is -0.491 e. The van der Waals surface area contributed by atoms with Gasteiger partial charge < -0.3 is 4.74 Å². The molecule has 0 saturated heterocycles. The van der Waals surface area contributed by atoms with E-state index in [1.165, 1.54) is 6.07 Å². The lowest BCUT2D eigenvalue weighted by molar-refractivity contribution is 0.242. The predicted octanol–water partition coefficient (Wildman–Crippen LogP) is 5.03. The maximum Gasteiger partial charge on any atom is 0.308 e. The molecule has 0 bridgehead atoms. The molecule has 0 unspecified atom stereocenters. The van der Waals surface area contributed by atoms with E-state index in [1.54, 1.807) is 28.8 Å². The van der Waals surface area contributed by atoms with Gasteiger partial charge in [0.15, 0.2) is 0 Å². The van der Waals surface area contributed by atoms with Gasteiger partial charge in [-0.3, -0.25) is 9.36 Å². The van der Waals surface area contributed by atoms with Gasteiger partial charge in [0.05, 0.1) is 27.8 Å². The number of halogens is 1. The highest BCUT2D eigenvalue weighted by Gasteiger charge is 2.17. The molecule has 6 nitrogen and oxygen atoms in total. The second-order valence-corrected chi connectivity index (χ2v) is 11.0. The summed E-state index contributed by atoms with van der Waals surface area (Å²) in [6.45, 7) is 4.43. The number of aromatic nitrogens is 1. The van der Waals surface area contributed by atoms with Crippen molar-refractivity contribution in [2.24, 2.45) is 0 Å². The highest BCUT2D eigenvalue weighted by Crippen LogP contribution is 2.23. The number of nitrogens with zero attached hydrogens (tertiary/aromatic N) is 1. The van der Waals surface area contributed by atoms with Gasteiger partial charge in [0, 0.05) is 11.6 Å². The van der Waals surface area contributed by atoms with Crippen molar-refractivity contribution in [2.45, 2.75) is 37.9 Å². The quantitative estimate of drug-likeness (QED) is 0.366. The van der Waals surface area contributed by atoms with Gasteiger partial charge in [0.25, 0.3) is 0 Å². The first kappa shape index (κ1) is 23.5. The molecule has 0 atom stereocenters. The number of nitrogens with one attached hydrogen (secondary N) is 1. The first-order valence-electron chi connectivity index (χ1n) is 10.3. The van der Waals surface area contributed by atoms with Gasteiger partial charge >= 0.3 is 4.87 Å². The topological polar surface area (TPSA) is 77.4 Å². The van der Waals surface area contributed by atoms with Gasteiger partial charge in [-0.2, -0.15) is 0 Å². The summed E-state index contributed by atoms with van der Waals surface area (Å²) in [7, 11) is -3.75. The van der Waals surface area contributed by atoms with Crippen molar-refractivity contribution in [3.05, 3.63) is 92.5 Å². The average Bonchev–Trinajstić information content (AvgIpc) is 3.09. The lowest BCUT2D eigenvalue weighted by Gasteiger charge is -2.11. The van der Waals surface area contributed by atoms with Crippen LogP contribution in [0.3, 0.4) is 0 Å². The van der Waals surface area contributed by atoms with Crippen LogP contribution in [0.15, 0.2) is 76.4 Å². The summed E-state index contributed by atoms with van der Waals surface area (Å²) in [5, 5.41) is 0.628. The van der Waals surface area contributed by atoms with E-state index in [-0.39, 0.29) is 22.4 Å². The molecule has 4 aromatic rings. The Morgan fingerprint density at radius 1 is 1.00 bits per heavy atom. The van der Waals surface area contributed by atoms with Crippen LogP contribution in [-0.4, -0.2) is 19.1 Å². The Morgan fingerprint density at radius 2 is 1.67 bits per heavy atom. The van der Waals surface area contributed by atoms with Crippen molar-refractivity contribution in [3.8, 4) is 5.75 Å². The Kier molecular flexibility index (Phi) is 6.90. The van der Waals surface area contributed by atoms with Gasteiger partial charge in [0.1, 0.15) is 5.75 Å². The van der Waals surface area contributed by atoms with Crippen molar-refractivity contribution in [2.75, 3.05) is 0 Å². The summed E-state index contributed by atoms with van der Waals surface area (Å²) in [6, 6.07) is 19.3. The fourth-order valence-electron chi connectivity index (χ4n) is 3.36. The fourth-order valence-corrected chi connectivity index (χ4v) is 5.53. The standard InChI is InChI=1S/C24H23ClN2O4S2/c1-16(2)31-20-9-5-17(6-10-20)14-26-33(29,30)21-11-12-22-23(13-21)32-24(28)27(22)15-18-3-7-19(25)8-4-18/h3-13,16,26H,14-15H2,1-2H3. The van der Waals surface area contributed by atoms with Crippen LogP contribution in [0.25, 0.3) is 10.2 Å². The van der Waals surface area contributed by atoms with Crippen LogP contribution in [0.4, 0.5) is 0 Å². The van der Waals surface area contributed by atoms with E-state index in [1.807, 2.05) is 50.2 Å². The molecular formula is C24H23ClN2O4S2. The van der Waals surface area contributed by atoms with Crippen LogP contribution >= 0.6 is 22.9 Å². The summed E-state index contributed by atoms with van der Waals surface area (Å²) in [4.78, 5) is 12.5. The van der Waals surface area contributed by atoms with E-state index in [0.29, 0.717) is 21.8 Å². The molecule has 0 aliphatic rings. The SMILES string of the molecule is CC(C)Oc1ccc(CNS(=O)(=O)c2ccc3c(c2)sc(=O)n3Cc2ccc(Cl)cc2)cc1. The maximum absolute atomic E-state index is 12.8. The summed E-state index contributed by atoms with van der Waals surface area (Å²) >= 11 is 6.96. The summed E-state index contributed by atoms with van der Waals surface area (Å²) in [6.07, 6.45) is 0.0704. The van der Waals surface area contributed by atoms with Crippen molar-refractivity contribution in [3.63, 3.8) is 0 Å². The molecule has 1 N–H and O–H groups in total. The van der Waals surface area contributed by atoms with E-state index in [9.17, 15) is 13.2 Å². The molecule has 4 rings (SSSR count). The van der Waals surface area contributed by atoms with E-state index in [4.69, 9.17) is 16.3 Å². The molecule has 9 heteroatoms. The Labute approximate surface area is 201 Å². The molecule has 3 aromatic carbocycles. The normalized spacial score (nSPS) is 11.9. The number of rotatable bonds is 8. The Hall–Kier alpha value is -2.65. The molecule has 0 radical (unpaired) electrons. The van der Waals surface area contributed by atoms with Gasteiger partial charge in [0.2, 0.25) is 10.0 Å². The first-order chi connectivity index (χ1) is 15.7. The average molecular weight is 503 g/mol. The number of benzene rings is 3. The summed E-state index contributed by atoms with van der Waals surface area (Å²) in [5.74, 6) is 0.736. The van der Waals surface area contributed by atoms with Crippen LogP contribution in [0.2, 0.25) is 5.02 Å². The molecule has 0 aliphatic heterocycles.